The molecule has 9 heteroatoms. The SMILES string of the molecule is Cc1c(NC(=O)C2CCCN(Cc3nc(-c4ccccc4)no3)C2)cccc1[N+](=O)[O-]. The Morgan fingerprint density at radius 1 is 1.26 bits per heavy atom. The highest BCUT2D eigenvalue weighted by atomic mass is 16.6. The fourth-order valence-corrected chi connectivity index (χ4v) is 3.82. The number of carbonyl (C=O) groups excluding carboxylic acids is 1. The number of aromatic nitrogens is 2. The zero-order chi connectivity index (χ0) is 21.8. The van der Waals surface area contributed by atoms with Gasteiger partial charge in [-0.2, -0.15) is 4.98 Å². The Hall–Kier alpha value is -3.59. The summed E-state index contributed by atoms with van der Waals surface area (Å²) < 4.78 is 5.40. The molecule has 2 heterocycles. The van der Waals surface area contributed by atoms with Crippen molar-refractivity contribution in [2.75, 3.05) is 18.4 Å². The molecule has 1 N–H and O–H groups in total. The number of benzene rings is 2. The first kappa shape index (κ1) is 20.7. The summed E-state index contributed by atoms with van der Waals surface area (Å²) in [5.74, 6) is 0.699. The number of nitro groups is 1. The number of anilines is 1. The van der Waals surface area contributed by atoms with Gasteiger partial charge in [0.1, 0.15) is 0 Å². The van der Waals surface area contributed by atoms with Crippen molar-refractivity contribution in [2.45, 2.75) is 26.3 Å². The van der Waals surface area contributed by atoms with Crippen LogP contribution in [-0.2, 0) is 11.3 Å². The summed E-state index contributed by atoms with van der Waals surface area (Å²) in [6, 6.07) is 14.3. The van der Waals surface area contributed by atoms with Crippen LogP contribution in [0.3, 0.4) is 0 Å². The van der Waals surface area contributed by atoms with E-state index in [-0.39, 0.29) is 17.5 Å². The molecule has 1 unspecified atom stereocenters. The first-order valence-electron chi connectivity index (χ1n) is 10.2. The number of rotatable bonds is 6. The fourth-order valence-electron chi connectivity index (χ4n) is 3.82. The highest BCUT2D eigenvalue weighted by Gasteiger charge is 2.28. The second-order valence-electron chi connectivity index (χ2n) is 7.65. The molecule has 160 valence electrons. The second kappa shape index (κ2) is 9.05. The van der Waals surface area contributed by atoms with Gasteiger partial charge in [0.2, 0.25) is 17.6 Å². The van der Waals surface area contributed by atoms with Gasteiger partial charge in [-0.05, 0) is 32.4 Å². The molecule has 31 heavy (non-hydrogen) atoms. The molecule has 1 aromatic heterocycles. The van der Waals surface area contributed by atoms with Gasteiger partial charge in [-0.1, -0.05) is 41.6 Å². The molecule has 1 amide bonds. The average molecular weight is 421 g/mol. The second-order valence-corrected chi connectivity index (χ2v) is 7.65. The van der Waals surface area contributed by atoms with Gasteiger partial charge in [0.05, 0.1) is 28.6 Å². The van der Waals surface area contributed by atoms with Gasteiger partial charge in [0.25, 0.3) is 5.69 Å². The summed E-state index contributed by atoms with van der Waals surface area (Å²) in [5, 5.41) is 18.0. The van der Waals surface area contributed by atoms with Gasteiger partial charge in [-0.15, -0.1) is 0 Å². The van der Waals surface area contributed by atoms with Crippen molar-refractivity contribution < 1.29 is 14.2 Å². The summed E-state index contributed by atoms with van der Waals surface area (Å²) in [7, 11) is 0. The van der Waals surface area contributed by atoms with Crippen molar-refractivity contribution in [2.24, 2.45) is 5.92 Å². The van der Waals surface area contributed by atoms with Crippen LogP contribution < -0.4 is 5.32 Å². The number of carbonyl (C=O) groups is 1. The molecule has 1 aliphatic rings. The zero-order valence-electron chi connectivity index (χ0n) is 17.2. The lowest BCUT2D eigenvalue weighted by Crippen LogP contribution is -2.40. The third-order valence-electron chi connectivity index (χ3n) is 5.50. The number of piperidine rings is 1. The molecule has 2 aromatic carbocycles. The molecule has 9 nitrogen and oxygen atoms in total. The van der Waals surface area contributed by atoms with Crippen LogP contribution in [0.2, 0.25) is 0 Å². The highest BCUT2D eigenvalue weighted by Crippen LogP contribution is 2.27. The molecule has 0 radical (unpaired) electrons. The maximum Gasteiger partial charge on any atom is 0.274 e. The highest BCUT2D eigenvalue weighted by molar-refractivity contribution is 5.94. The Balaban J connectivity index is 1.39. The minimum Gasteiger partial charge on any atom is -0.338 e. The molecule has 0 aliphatic carbocycles. The van der Waals surface area contributed by atoms with Crippen molar-refractivity contribution in [3.05, 3.63) is 70.1 Å². The summed E-state index contributed by atoms with van der Waals surface area (Å²) in [6.07, 6.45) is 1.63. The van der Waals surface area contributed by atoms with E-state index in [1.54, 1.807) is 19.1 Å². The zero-order valence-corrected chi connectivity index (χ0v) is 17.2. The first-order chi connectivity index (χ1) is 15.0. The minimum absolute atomic E-state index is 0.00585. The topological polar surface area (TPSA) is 114 Å². The quantitative estimate of drug-likeness (QED) is 0.475. The van der Waals surface area contributed by atoms with Crippen LogP contribution >= 0.6 is 0 Å². The molecule has 0 bridgehead atoms. The number of hydrogen-bond donors (Lipinski definition) is 1. The van der Waals surface area contributed by atoms with Gasteiger partial charge in [-0.25, -0.2) is 0 Å². The third kappa shape index (κ3) is 4.77. The van der Waals surface area contributed by atoms with Crippen molar-refractivity contribution in [1.29, 1.82) is 0 Å². The van der Waals surface area contributed by atoms with E-state index in [1.165, 1.54) is 6.07 Å². The number of nitro benzene ring substituents is 1. The summed E-state index contributed by atoms with van der Waals surface area (Å²) in [5.41, 5.74) is 1.81. The smallest absolute Gasteiger partial charge is 0.274 e. The number of nitrogens with one attached hydrogen (secondary N) is 1. The van der Waals surface area contributed by atoms with E-state index in [0.29, 0.717) is 36.1 Å². The molecule has 0 saturated carbocycles. The van der Waals surface area contributed by atoms with E-state index < -0.39 is 4.92 Å². The number of hydrogen-bond acceptors (Lipinski definition) is 7. The lowest BCUT2D eigenvalue weighted by Gasteiger charge is -2.31. The summed E-state index contributed by atoms with van der Waals surface area (Å²) in [6.45, 7) is 3.51. The van der Waals surface area contributed by atoms with Gasteiger partial charge in [0.15, 0.2) is 0 Å². The lowest BCUT2D eigenvalue weighted by atomic mass is 9.97. The van der Waals surface area contributed by atoms with E-state index in [2.05, 4.69) is 20.4 Å². The standard InChI is InChI=1S/C22H23N5O4/c1-15-18(10-5-11-19(15)27(29)30)23-22(28)17-9-6-12-26(13-17)14-20-24-21(25-31-20)16-7-3-2-4-8-16/h2-5,7-8,10-11,17H,6,9,12-14H2,1H3,(H,23,28). The lowest BCUT2D eigenvalue weighted by molar-refractivity contribution is -0.385. The maximum atomic E-state index is 12.8. The number of likely N-dealkylation sites (tertiary alicyclic amines) is 1. The van der Waals surface area contributed by atoms with Crippen LogP contribution in [0.4, 0.5) is 11.4 Å². The number of nitrogens with zero attached hydrogens (tertiary/aromatic N) is 4. The number of amides is 1. The average Bonchev–Trinajstić information content (AvgIpc) is 3.24. The normalized spacial score (nSPS) is 16.7. The third-order valence-corrected chi connectivity index (χ3v) is 5.50. The predicted molar refractivity (Wildman–Crippen MR) is 114 cm³/mol. The van der Waals surface area contributed by atoms with E-state index >= 15 is 0 Å². The van der Waals surface area contributed by atoms with Crippen LogP contribution in [-0.4, -0.2) is 39.0 Å². The van der Waals surface area contributed by atoms with Gasteiger partial charge in [0, 0.05) is 18.2 Å². The largest absolute Gasteiger partial charge is 0.338 e. The van der Waals surface area contributed by atoms with E-state index in [1.807, 2.05) is 30.3 Å². The summed E-state index contributed by atoms with van der Waals surface area (Å²) >= 11 is 0. The van der Waals surface area contributed by atoms with Crippen molar-refractivity contribution in [1.82, 2.24) is 15.0 Å². The van der Waals surface area contributed by atoms with Gasteiger partial charge >= 0.3 is 0 Å². The molecule has 4 rings (SSSR count). The predicted octanol–water partition coefficient (Wildman–Crippen LogP) is 3.80. The molecule has 1 saturated heterocycles. The molecule has 0 spiro atoms. The monoisotopic (exact) mass is 421 g/mol. The molecule has 3 aromatic rings. The van der Waals surface area contributed by atoms with Crippen molar-refractivity contribution in [3.63, 3.8) is 0 Å². The molecular weight excluding hydrogens is 398 g/mol. The van der Waals surface area contributed by atoms with Crippen LogP contribution in [0.1, 0.15) is 24.3 Å². The van der Waals surface area contributed by atoms with Gasteiger partial charge in [-0.3, -0.25) is 19.8 Å². The maximum absolute atomic E-state index is 12.8. The Kier molecular flexibility index (Phi) is 6.03. The van der Waals surface area contributed by atoms with Crippen molar-refractivity contribution >= 4 is 17.3 Å². The Morgan fingerprint density at radius 3 is 2.84 bits per heavy atom. The van der Waals surface area contributed by atoms with Gasteiger partial charge < -0.3 is 9.84 Å². The van der Waals surface area contributed by atoms with Crippen LogP contribution in [0.5, 0.6) is 0 Å². The fraction of sp³-hybridized carbons (Fsp3) is 0.318. The van der Waals surface area contributed by atoms with E-state index in [0.717, 1.165) is 24.9 Å². The first-order valence-corrected chi connectivity index (χ1v) is 10.2. The molecule has 1 fully saturated rings. The molecule has 1 aliphatic heterocycles. The van der Waals surface area contributed by atoms with E-state index in [4.69, 9.17) is 4.52 Å². The summed E-state index contributed by atoms with van der Waals surface area (Å²) in [4.78, 5) is 30.1. The van der Waals surface area contributed by atoms with Crippen molar-refractivity contribution in [3.8, 4) is 11.4 Å². The van der Waals surface area contributed by atoms with Crippen LogP contribution in [0.25, 0.3) is 11.4 Å². The van der Waals surface area contributed by atoms with Crippen LogP contribution in [0.15, 0.2) is 53.1 Å². The minimum atomic E-state index is -0.443. The van der Waals surface area contributed by atoms with E-state index in [9.17, 15) is 14.9 Å². The molecular formula is C22H23N5O4. The Morgan fingerprint density at radius 2 is 2.06 bits per heavy atom. The Labute approximate surface area is 179 Å². The van der Waals surface area contributed by atoms with Crippen LogP contribution in [0, 0.1) is 23.0 Å². The Bertz CT molecular complexity index is 1080. The molecule has 1 atom stereocenters.